The van der Waals surface area contributed by atoms with Crippen LogP contribution in [0.25, 0.3) is 0 Å². The van der Waals surface area contributed by atoms with Crippen molar-refractivity contribution in [1.29, 1.82) is 0 Å². The van der Waals surface area contributed by atoms with Crippen molar-refractivity contribution < 1.29 is 15.0 Å². The minimum absolute atomic E-state index is 0.0780. The number of unbranched alkanes of at least 4 members (excludes halogenated alkanes) is 33. The number of hydrogen-bond donors (Lipinski definition) is 3. The largest absolute Gasteiger partial charge is 0.394 e. The summed E-state index contributed by atoms with van der Waals surface area (Å²) in [5, 5.41) is 23.0. The minimum atomic E-state index is -0.870. The van der Waals surface area contributed by atoms with Gasteiger partial charge in [-0.2, -0.15) is 0 Å². The topological polar surface area (TPSA) is 69.6 Å². The van der Waals surface area contributed by atoms with Crippen LogP contribution in [-0.2, 0) is 4.79 Å². The van der Waals surface area contributed by atoms with Crippen LogP contribution < -0.4 is 5.32 Å². The standard InChI is InChI=1S/C56H103NO3/c1-3-5-7-9-11-13-15-17-18-19-20-21-22-23-24-25-26-27-28-29-30-31-32-33-34-35-36-37-38-40-42-44-46-48-50-52-56(60)57-54(53-58)55(59)51-49-47-45-43-41-39-16-14-12-10-8-6-4-2/h12,14,22-23,25-26,41,43,49,51,54-55,58-59H,3-11,13,15-21,24,27-40,42,44-48,50,52-53H2,1-2H3,(H,57,60)/b14-12+,23-22-,26-25-,43-41+,51-49+. The third-order valence-corrected chi connectivity index (χ3v) is 12.0. The summed E-state index contributed by atoms with van der Waals surface area (Å²) >= 11 is 0. The average Bonchev–Trinajstić information content (AvgIpc) is 3.25. The molecule has 0 bridgehead atoms. The fraction of sp³-hybridized carbons (Fsp3) is 0.804. The van der Waals surface area contributed by atoms with Gasteiger partial charge in [0.1, 0.15) is 0 Å². The molecule has 60 heavy (non-hydrogen) atoms. The van der Waals surface area contributed by atoms with Crippen molar-refractivity contribution in [3.8, 4) is 0 Å². The van der Waals surface area contributed by atoms with Crippen molar-refractivity contribution in [1.82, 2.24) is 5.32 Å². The first kappa shape index (κ1) is 58.1. The highest BCUT2D eigenvalue weighted by atomic mass is 16.3. The van der Waals surface area contributed by atoms with Gasteiger partial charge in [0.25, 0.3) is 0 Å². The molecule has 0 spiro atoms. The van der Waals surface area contributed by atoms with Gasteiger partial charge in [-0.25, -0.2) is 0 Å². The third-order valence-electron chi connectivity index (χ3n) is 12.0. The van der Waals surface area contributed by atoms with Crippen molar-refractivity contribution in [3.05, 3.63) is 60.8 Å². The Kier molecular flexibility index (Phi) is 49.8. The Bertz CT molecular complexity index is 996. The van der Waals surface area contributed by atoms with Gasteiger partial charge in [-0.3, -0.25) is 4.79 Å². The van der Waals surface area contributed by atoms with Crippen LogP contribution in [0.4, 0.5) is 0 Å². The van der Waals surface area contributed by atoms with E-state index >= 15 is 0 Å². The van der Waals surface area contributed by atoms with Crippen molar-refractivity contribution in [3.63, 3.8) is 0 Å². The van der Waals surface area contributed by atoms with Crippen LogP contribution in [0.3, 0.4) is 0 Å². The Morgan fingerprint density at radius 1 is 0.400 bits per heavy atom. The zero-order valence-corrected chi connectivity index (χ0v) is 40.2. The number of aliphatic hydroxyl groups excluding tert-OH is 2. The zero-order chi connectivity index (χ0) is 43.5. The summed E-state index contributed by atoms with van der Waals surface area (Å²) in [5.74, 6) is -0.0780. The first-order valence-corrected chi connectivity index (χ1v) is 26.5. The van der Waals surface area contributed by atoms with Crippen molar-refractivity contribution in [2.75, 3.05) is 6.61 Å². The molecule has 2 atom stereocenters. The van der Waals surface area contributed by atoms with Gasteiger partial charge in [0, 0.05) is 6.42 Å². The maximum atomic E-state index is 12.4. The smallest absolute Gasteiger partial charge is 0.220 e. The number of rotatable bonds is 48. The van der Waals surface area contributed by atoms with Crippen LogP contribution in [0.5, 0.6) is 0 Å². The second-order valence-electron chi connectivity index (χ2n) is 17.9. The third kappa shape index (κ3) is 47.1. The van der Waals surface area contributed by atoms with E-state index in [0.29, 0.717) is 6.42 Å². The number of hydrogen-bond acceptors (Lipinski definition) is 3. The molecule has 0 heterocycles. The molecule has 350 valence electrons. The van der Waals surface area contributed by atoms with Crippen LogP contribution in [0.1, 0.15) is 271 Å². The fourth-order valence-electron chi connectivity index (χ4n) is 7.89. The molecule has 0 aromatic heterocycles. The van der Waals surface area contributed by atoms with E-state index in [1.54, 1.807) is 6.08 Å². The summed E-state index contributed by atoms with van der Waals surface area (Å²) in [6, 6.07) is -0.645. The molecule has 0 saturated heterocycles. The average molecular weight is 838 g/mol. The van der Waals surface area contributed by atoms with Gasteiger partial charge < -0.3 is 15.5 Å². The van der Waals surface area contributed by atoms with Gasteiger partial charge in [0.15, 0.2) is 0 Å². The quantitative estimate of drug-likeness (QED) is 0.0422. The molecule has 3 N–H and O–H groups in total. The Balaban J connectivity index is 3.47. The van der Waals surface area contributed by atoms with Gasteiger partial charge in [-0.15, -0.1) is 0 Å². The minimum Gasteiger partial charge on any atom is -0.394 e. The zero-order valence-electron chi connectivity index (χ0n) is 40.2. The first-order valence-electron chi connectivity index (χ1n) is 26.5. The molecule has 0 aliphatic heterocycles. The van der Waals surface area contributed by atoms with E-state index in [4.69, 9.17) is 0 Å². The SMILES string of the molecule is CCCCC/C=C/CC/C=C/CC/C=C/C(O)C(CO)NC(=O)CCCCCCCCCCCCCCCCCCC/C=C\C/C=C\CCCCCCCCCCCCC. The van der Waals surface area contributed by atoms with Crippen molar-refractivity contribution in [2.45, 2.75) is 283 Å². The first-order chi connectivity index (χ1) is 29.7. The van der Waals surface area contributed by atoms with E-state index in [2.05, 4.69) is 67.8 Å². The van der Waals surface area contributed by atoms with Crippen LogP contribution >= 0.6 is 0 Å². The molecular weight excluding hydrogens is 735 g/mol. The summed E-state index contributed by atoms with van der Waals surface area (Å²) in [4.78, 5) is 12.4. The second-order valence-corrected chi connectivity index (χ2v) is 17.9. The van der Waals surface area contributed by atoms with Gasteiger partial charge in [-0.05, 0) is 77.0 Å². The Morgan fingerprint density at radius 2 is 0.700 bits per heavy atom. The van der Waals surface area contributed by atoms with Crippen LogP contribution in [0, 0.1) is 0 Å². The molecule has 1 amide bonds. The van der Waals surface area contributed by atoms with Crippen molar-refractivity contribution in [2.24, 2.45) is 0 Å². The van der Waals surface area contributed by atoms with E-state index in [-0.39, 0.29) is 12.5 Å². The van der Waals surface area contributed by atoms with E-state index in [9.17, 15) is 15.0 Å². The lowest BCUT2D eigenvalue weighted by molar-refractivity contribution is -0.123. The summed E-state index contributed by atoms with van der Waals surface area (Å²) in [7, 11) is 0. The normalized spacial score (nSPS) is 13.3. The summed E-state index contributed by atoms with van der Waals surface area (Å²) in [5.41, 5.74) is 0. The molecule has 0 aliphatic rings. The lowest BCUT2D eigenvalue weighted by atomic mass is 10.0. The molecule has 0 radical (unpaired) electrons. The lowest BCUT2D eigenvalue weighted by Gasteiger charge is -2.19. The molecule has 4 nitrogen and oxygen atoms in total. The van der Waals surface area contributed by atoms with Crippen LogP contribution in [0.2, 0.25) is 0 Å². The monoisotopic (exact) mass is 838 g/mol. The Morgan fingerprint density at radius 3 is 1.10 bits per heavy atom. The maximum Gasteiger partial charge on any atom is 0.220 e. The number of amides is 1. The van der Waals surface area contributed by atoms with E-state index in [1.807, 2.05) is 6.08 Å². The highest BCUT2D eigenvalue weighted by molar-refractivity contribution is 5.76. The van der Waals surface area contributed by atoms with Gasteiger partial charge in [-0.1, -0.05) is 248 Å². The molecule has 0 rings (SSSR count). The van der Waals surface area contributed by atoms with Crippen LogP contribution in [0.15, 0.2) is 60.8 Å². The molecular formula is C56H103NO3. The van der Waals surface area contributed by atoms with E-state index in [1.165, 1.54) is 205 Å². The number of aliphatic hydroxyl groups is 2. The molecule has 0 aliphatic carbocycles. The number of allylic oxidation sites excluding steroid dienone is 9. The Hall–Kier alpha value is -1.91. The second kappa shape index (κ2) is 51.4. The van der Waals surface area contributed by atoms with Crippen molar-refractivity contribution >= 4 is 5.91 Å². The van der Waals surface area contributed by atoms with Gasteiger partial charge >= 0.3 is 0 Å². The van der Waals surface area contributed by atoms with Crippen LogP contribution in [-0.4, -0.2) is 34.9 Å². The molecule has 2 unspecified atom stereocenters. The summed E-state index contributed by atoms with van der Waals surface area (Å²) in [6.45, 7) is 4.27. The molecule has 0 saturated carbocycles. The number of carbonyl (C=O) groups excluding carboxylic acids is 1. The lowest BCUT2D eigenvalue weighted by Crippen LogP contribution is -2.45. The maximum absolute atomic E-state index is 12.4. The summed E-state index contributed by atoms with van der Waals surface area (Å²) < 4.78 is 0. The summed E-state index contributed by atoms with van der Waals surface area (Å²) in [6.07, 6.45) is 72.4. The highest BCUT2D eigenvalue weighted by Crippen LogP contribution is 2.16. The van der Waals surface area contributed by atoms with E-state index < -0.39 is 12.1 Å². The predicted octanol–water partition coefficient (Wildman–Crippen LogP) is 17.2. The van der Waals surface area contributed by atoms with Gasteiger partial charge in [0.05, 0.1) is 18.8 Å². The molecule has 4 heteroatoms. The number of carbonyl (C=O) groups is 1. The predicted molar refractivity (Wildman–Crippen MR) is 267 cm³/mol. The van der Waals surface area contributed by atoms with Gasteiger partial charge in [0.2, 0.25) is 5.91 Å². The number of nitrogens with one attached hydrogen (secondary N) is 1. The molecule has 0 aromatic carbocycles. The highest BCUT2D eigenvalue weighted by Gasteiger charge is 2.17. The van der Waals surface area contributed by atoms with E-state index in [0.717, 1.165) is 44.9 Å². The molecule has 0 fully saturated rings. The molecule has 0 aromatic rings. The fourth-order valence-corrected chi connectivity index (χ4v) is 7.89. The Labute approximate surface area is 375 Å².